The number of aromatic nitrogens is 1. The van der Waals surface area contributed by atoms with Crippen LogP contribution in [0.1, 0.15) is 32.0 Å². The zero-order valence-electron chi connectivity index (χ0n) is 12.4. The number of ether oxygens (including phenoxy) is 1. The zero-order valence-corrected chi connectivity index (χ0v) is 12.4. The molecule has 1 aromatic heterocycles. The number of fused-ring (bicyclic) bond motifs is 1. The summed E-state index contributed by atoms with van der Waals surface area (Å²) in [6, 6.07) is 7.69. The molecule has 0 aliphatic carbocycles. The van der Waals surface area contributed by atoms with Gasteiger partial charge in [-0.15, -0.1) is 0 Å². The van der Waals surface area contributed by atoms with Gasteiger partial charge in [-0.25, -0.2) is 0 Å². The Morgan fingerprint density at radius 1 is 1.30 bits per heavy atom. The number of hydrogen-bond acceptors (Lipinski definition) is 3. The van der Waals surface area contributed by atoms with Crippen molar-refractivity contribution in [3.05, 3.63) is 35.5 Å². The highest BCUT2D eigenvalue weighted by Crippen LogP contribution is 2.25. The summed E-state index contributed by atoms with van der Waals surface area (Å²) in [5.41, 5.74) is 7.59. The van der Waals surface area contributed by atoms with E-state index in [-0.39, 0.29) is 17.9 Å². The number of nitrogens with zero attached hydrogens (tertiary/aromatic N) is 1. The van der Waals surface area contributed by atoms with Crippen LogP contribution in [0.4, 0.5) is 0 Å². The molecule has 0 spiro atoms. The number of amides is 1. The Labute approximate surface area is 119 Å². The lowest BCUT2D eigenvalue weighted by Crippen LogP contribution is -2.22. The lowest BCUT2D eigenvalue weighted by molar-refractivity contribution is -0.117. The third-order valence-corrected chi connectivity index (χ3v) is 2.82. The average molecular weight is 272 g/mol. The summed E-state index contributed by atoms with van der Waals surface area (Å²) in [5, 5.41) is 1.03. The molecule has 2 rings (SSSR count). The Morgan fingerprint density at radius 2 is 2.00 bits per heavy atom. The number of primary amides is 1. The SMILES string of the molecule is Cc1cc(CC(N)=O)nc2ccc(OC(C)(C)C)cc12. The van der Waals surface area contributed by atoms with Crippen molar-refractivity contribution in [1.82, 2.24) is 4.98 Å². The molecule has 1 aromatic carbocycles. The third kappa shape index (κ3) is 3.47. The van der Waals surface area contributed by atoms with Crippen molar-refractivity contribution in [2.24, 2.45) is 5.73 Å². The van der Waals surface area contributed by atoms with Crippen LogP contribution >= 0.6 is 0 Å². The van der Waals surface area contributed by atoms with E-state index in [1.54, 1.807) is 0 Å². The number of benzene rings is 1. The molecule has 0 aliphatic heterocycles. The smallest absolute Gasteiger partial charge is 0.223 e. The van der Waals surface area contributed by atoms with Crippen LogP contribution in [-0.4, -0.2) is 16.5 Å². The normalized spacial score (nSPS) is 11.6. The van der Waals surface area contributed by atoms with Crippen molar-refractivity contribution in [2.45, 2.75) is 39.7 Å². The van der Waals surface area contributed by atoms with E-state index in [1.807, 2.05) is 52.0 Å². The second kappa shape index (κ2) is 5.12. The first-order valence-corrected chi connectivity index (χ1v) is 6.62. The number of aryl methyl sites for hydroxylation is 1. The Bertz CT molecular complexity index is 657. The maximum Gasteiger partial charge on any atom is 0.223 e. The molecule has 0 fully saturated rings. The van der Waals surface area contributed by atoms with E-state index < -0.39 is 0 Å². The van der Waals surface area contributed by atoms with Crippen LogP contribution in [0.15, 0.2) is 24.3 Å². The van der Waals surface area contributed by atoms with Crippen molar-refractivity contribution >= 4 is 16.8 Å². The predicted octanol–water partition coefficient (Wildman–Crippen LogP) is 2.75. The molecule has 0 radical (unpaired) electrons. The largest absolute Gasteiger partial charge is 0.488 e. The van der Waals surface area contributed by atoms with Gasteiger partial charge >= 0.3 is 0 Å². The fraction of sp³-hybridized carbons (Fsp3) is 0.375. The summed E-state index contributed by atoms with van der Waals surface area (Å²) in [6.07, 6.45) is 0.164. The highest BCUT2D eigenvalue weighted by Gasteiger charge is 2.13. The van der Waals surface area contributed by atoms with Crippen LogP contribution in [0.5, 0.6) is 5.75 Å². The average Bonchev–Trinajstić information content (AvgIpc) is 2.27. The van der Waals surface area contributed by atoms with Gasteiger partial charge in [0.05, 0.1) is 17.6 Å². The number of rotatable bonds is 3. The Morgan fingerprint density at radius 3 is 2.60 bits per heavy atom. The lowest BCUT2D eigenvalue weighted by atomic mass is 10.1. The van der Waals surface area contributed by atoms with Crippen LogP contribution in [-0.2, 0) is 11.2 Å². The molecule has 106 valence electrons. The highest BCUT2D eigenvalue weighted by atomic mass is 16.5. The van der Waals surface area contributed by atoms with Crippen LogP contribution in [0, 0.1) is 6.92 Å². The number of carbonyl (C=O) groups excluding carboxylic acids is 1. The molecule has 0 unspecified atom stereocenters. The number of pyridine rings is 1. The number of hydrogen-bond donors (Lipinski definition) is 1. The third-order valence-electron chi connectivity index (χ3n) is 2.82. The molecule has 20 heavy (non-hydrogen) atoms. The van der Waals surface area contributed by atoms with Gasteiger partial charge in [0.2, 0.25) is 5.91 Å². The number of carbonyl (C=O) groups is 1. The molecule has 0 bridgehead atoms. The summed E-state index contributed by atoms with van der Waals surface area (Å²) in [5.74, 6) is 0.446. The minimum atomic E-state index is -0.371. The molecule has 0 aliphatic rings. The second-order valence-corrected chi connectivity index (χ2v) is 5.97. The first-order valence-electron chi connectivity index (χ1n) is 6.62. The maximum atomic E-state index is 11.0. The van der Waals surface area contributed by atoms with Crippen LogP contribution in [0.2, 0.25) is 0 Å². The molecule has 2 aromatic rings. The van der Waals surface area contributed by atoms with Gasteiger partial charge in [0.15, 0.2) is 0 Å². The van der Waals surface area contributed by atoms with Gasteiger partial charge < -0.3 is 10.5 Å². The zero-order chi connectivity index (χ0) is 14.9. The molecule has 0 atom stereocenters. The van der Waals surface area contributed by atoms with Crippen LogP contribution in [0.25, 0.3) is 10.9 Å². The minimum absolute atomic E-state index is 0.164. The Hall–Kier alpha value is -2.10. The van der Waals surface area contributed by atoms with E-state index in [0.29, 0.717) is 5.69 Å². The Kier molecular flexibility index (Phi) is 3.66. The molecule has 0 saturated carbocycles. The summed E-state index contributed by atoms with van der Waals surface area (Å²) in [4.78, 5) is 15.4. The number of nitrogens with two attached hydrogens (primary N) is 1. The molecule has 1 heterocycles. The predicted molar refractivity (Wildman–Crippen MR) is 79.8 cm³/mol. The van der Waals surface area contributed by atoms with Crippen molar-refractivity contribution in [1.29, 1.82) is 0 Å². The molecular formula is C16H20N2O2. The molecule has 0 saturated heterocycles. The molecular weight excluding hydrogens is 252 g/mol. The van der Waals surface area contributed by atoms with Gasteiger partial charge in [-0.2, -0.15) is 0 Å². The first-order chi connectivity index (χ1) is 9.24. The quantitative estimate of drug-likeness (QED) is 0.934. The van der Waals surface area contributed by atoms with Gasteiger partial charge in [0.1, 0.15) is 11.4 Å². The van der Waals surface area contributed by atoms with E-state index in [0.717, 1.165) is 22.2 Å². The monoisotopic (exact) mass is 272 g/mol. The van der Waals surface area contributed by atoms with Crippen molar-refractivity contribution < 1.29 is 9.53 Å². The molecule has 4 nitrogen and oxygen atoms in total. The van der Waals surface area contributed by atoms with Gasteiger partial charge in [0.25, 0.3) is 0 Å². The standard InChI is InChI=1S/C16H20N2O2/c1-10-7-11(8-15(17)19)18-14-6-5-12(9-13(10)14)20-16(2,3)4/h5-7,9H,8H2,1-4H3,(H2,17,19). The van der Waals surface area contributed by atoms with Crippen molar-refractivity contribution in [2.75, 3.05) is 0 Å². The minimum Gasteiger partial charge on any atom is -0.488 e. The second-order valence-electron chi connectivity index (χ2n) is 5.97. The first kappa shape index (κ1) is 14.3. The van der Waals surface area contributed by atoms with Crippen LogP contribution in [0.3, 0.4) is 0 Å². The van der Waals surface area contributed by atoms with Crippen molar-refractivity contribution in [3.63, 3.8) is 0 Å². The van der Waals surface area contributed by atoms with Gasteiger partial charge in [-0.3, -0.25) is 9.78 Å². The summed E-state index contributed by atoms with van der Waals surface area (Å²) >= 11 is 0. The van der Waals surface area contributed by atoms with E-state index >= 15 is 0 Å². The lowest BCUT2D eigenvalue weighted by Gasteiger charge is -2.21. The molecule has 4 heteroatoms. The Balaban J connectivity index is 2.44. The fourth-order valence-electron chi connectivity index (χ4n) is 2.13. The van der Waals surface area contributed by atoms with Crippen molar-refractivity contribution in [3.8, 4) is 5.75 Å². The van der Waals surface area contributed by atoms with E-state index in [4.69, 9.17) is 10.5 Å². The summed E-state index contributed by atoms with van der Waals surface area (Å²) < 4.78 is 5.86. The topological polar surface area (TPSA) is 65.2 Å². The highest BCUT2D eigenvalue weighted by molar-refractivity contribution is 5.84. The van der Waals surface area contributed by atoms with Gasteiger partial charge in [0, 0.05) is 5.39 Å². The van der Waals surface area contributed by atoms with E-state index in [2.05, 4.69) is 4.98 Å². The summed E-state index contributed by atoms with van der Waals surface area (Å²) in [6.45, 7) is 8.03. The van der Waals surface area contributed by atoms with E-state index in [1.165, 1.54) is 0 Å². The molecule has 1 amide bonds. The van der Waals surface area contributed by atoms with Gasteiger partial charge in [-0.1, -0.05) is 0 Å². The fourth-order valence-corrected chi connectivity index (χ4v) is 2.13. The molecule has 2 N–H and O–H groups in total. The van der Waals surface area contributed by atoms with E-state index in [9.17, 15) is 4.79 Å². The van der Waals surface area contributed by atoms with Gasteiger partial charge in [-0.05, 0) is 57.5 Å². The summed E-state index contributed by atoms with van der Waals surface area (Å²) in [7, 11) is 0. The maximum absolute atomic E-state index is 11.0. The van der Waals surface area contributed by atoms with Crippen LogP contribution < -0.4 is 10.5 Å².